The lowest BCUT2D eigenvalue weighted by Crippen LogP contribution is -2.35. The van der Waals surface area contributed by atoms with Crippen molar-refractivity contribution >= 4 is 23.2 Å². The summed E-state index contributed by atoms with van der Waals surface area (Å²) in [4.78, 5) is 23.6. The molecular formula is C26H26ClFN4O3. The molecule has 35 heavy (non-hydrogen) atoms. The van der Waals surface area contributed by atoms with Crippen molar-refractivity contribution in [2.45, 2.75) is 38.3 Å². The Morgan fingerprint density at radius 3 is 2.86 bits per heavy atom. The Labute approximate surface area is 208 Å². The first-order chi connectivity index (χ1) is 17.0. The first kappa shape index (κ1) is 23.5. The number of carbonyl (C=O) groups excluding carboxylic acids is 1. The number of benzene rings is 2. The lowest BCUT2D eigenvalue weighted by molar-refractivity contribution is 0.0992. The van der Waals surface area contributed by atoms with E-state index in [-0.39, 0.29) is 16.8 Å². The Morgan fingerprint density at radius 1 is 1.20 bits per heavy atom. The smallest absolute Gasteiger partial charge is 0.277 e. The number of halogens is 2. The van der Waals surface area contributed by atoms with Crippen LogP contribution in [0.4, 0.5) is 10.1 Å². The molecule has 7 nitrogen and oxygen atoms in total. The van der Waals surface area contributed by atoms with Crippen LogP contribution in [0.15, 0.2) is 42.6 Å². The second-order valence-electron chi connectivity index (χ2n) is 8.70. The maximum absolute atomic E-state index is 13.4. The Morgan fingerprint density at radius 2 is 2.09 bits per heavy atom. The largest absolute Gasteiger partial charge is 0.493 e. The maximum Gasteiger partial charge on any atom is 0.277 e. The minimum Gasteiger partial charge on any atom is -0.493 e. The topological polar surface area (TPSA) is 76.6 Å². The van der Waals surface area contributed by atoms with E-state index in [1.807, 2.05) is 12.1 Å². The van der Waals surface area contributed by atoms with Crippen molar-refractivity contribution in [2.24, 2.45) is 0 Å². The van der Waals surface area contributed by atoms with Crippen molar-refractivity contribution in [1.29, 1.82) is 0 Å². The van der Waals surface area contributed by atoms with Crippen LogP contribution in [0.25, 0.3) is 11.4 Å². The molecule has 1 saturated heterocycles. The number of piperidine rings is 1. The normalized spacial score (nSPS) is 17.4. The first-order valence-electron chi connectivity index (χ1n) is 11.7. The lowest BCUT2D eigenvalue weighted by atomic mass is 10.0. The summed E-state index contributed by atoms with van der Waals surface area (Å²) in [5, 5.41) is 3.71. The van der Waals surface area contributed by atoms with Gasteiger partial charge >= 0.3 is 0 Å². The Hall–Kier alpha value is -3.23. The number of methoxy groups -OCH3 is 1. The second kappa shape index (κ2) is 10.2. The number of nitrogens with zero attached hydrogens (tertiary/aromatic N) is 3. The van der Waals surface area contributed by atoms with E-state index in [0.717, 1.165) is 13.0 Å². The van der Waals surface area contributed by atoms with Gasteiger partial charge in [-0.05, 0) is 56.1 Å². The number of ether oxygens (including phenoxy) is 2. The number of rotatable bonds is 7. The van der Waals surface area contributed by atoms with E-state index in [1.165, 1.54) is 37.5 Å². The van der Waals surface area contributed by atoms with Gasteiger partial charge in [-0.25, -0.2) is 14.4 Å². The number of fused-ring (bicyclic) bond motifs is 1. The fourth-order valence-corrected chi connectivity index (χ4v) is 4.76. The van der Waals surface area contributed by atoms with Gasteiger partial charge in [-0.2, -0.15) is 0 Å². The molecular weight excluding hydrogens is 471 g/mol. The lowest BCUT2D eigenvalue weighted by Gasteiger charge is -2.23. The molecule has 0 spiro atoms. The Bertz CT molecular complexity index is 1250. The molecule has 1 aromatic heterocycles. The van der Waals surface area contributed by atoms with E-state index >= 15 is 0 Å². The number of amides is 1. The second-order valence-corrected chi connectivity index (χ2v) is 9.11. The average molecular weight is 497 g/mol. The van der Waals surface area contributed by atoms with E-state index in [9.17, 15) is 9.18 Å². The van der Waals surface area contributed by atoms with Crippen LogP contribution in [0.1, 0.15) is 41.7 Å². The monoisotopic (exact) mass is 496 g/mol. The predicted octanol–water partition coefficient (Wildman–Crippen LogP) is 5.02. The molecule has 0 aliphatic carbocycles. The molecule has 2 aliphatic rings. The predicted molar refractivity (Wildman–Crippen MR) is 132 cm³/mol. The molecule has 0 radical (unpaired) electrons. The maximum atomic E-state index is 13.4. The third kappa shape index (κ3) is 4.94. The standard InChI is InChI=1S/C26H26ClFN4O3/c1-34-23-13-19(6-8-22(23)35-11-9-18-4-2-3-10-29-18)32-15-16-14-30-25(31-24(16)26(32)33)20-7-5-17(28)12-21(20)27/h5-8,12-14,18,29H,2-4,9-11,15H2,1H3. The summed E-state index contributed by atoms with van der Waals surface area (Å²) in [6.07, 6.45) is 6.21. The summed E-state index contributed by atoms with van der Waals surface area (Å²) >= 11 is 6.16. The van der Waals surface area contributed by atoms with Gasteiger partial charge in [0.1, 0.15) is 11.5 Å². The molecule has 3 heterocycles. The van der Waals surface area contributed by atoms with Gasteiger partial charge in [-0.3, -0.25) is 4.79 Å². The van der Waals surface area contributed by atoms with Gasteiger partial charge in [-0.1, -0.05) is 18.0 Å². The van der Waals surface area contributed by atoms with Gasteiger partial charge in [0.15, 0.2) is 17.3 Å². The van der Waals surface area contributed by atoms with Crippen molar-refractivity contribution in [2.75, 3.05) is 25.2 Å². The van der Waals surface area contributed by atoms with Gasteiger partial charge in [0.05, 0.1) is 25.3 Å². The molecule has 0 saturated carbocycles. The quantitative estimate of drug-likeness (QED) is 0.495. The number of hydrogen-bond acceptors (Lipinski definition) is 6. The van der Waals surface area contributed by atoms with E-state index < -0.39 is 5.82 Å². The molecule has 3 aromatic rings. The zero-order chi connectivity index (χ0) is 24.4. The minimum atomic E-state index is -0.450. The molecule has 1 unspecified atom stereocenters. The molecule has 9 heteroatoms. The molecule has 5 rings (SSSR count). The number of aromatic nitrogens is 2. The van der Waals surface area contributed by atoms with Gasteiger partial charge in [-0.15, -0.1) is 0 Å². The van der Waals surface area contributed by atoms with Crippen molar-refractivity contribution in [1.82, 2.24) is 15.3 Å². The fourth-order valence-electron chi connectivity index (χ4n) is 4.51. The SMILES string of the molecule is COc1cc(N2Cc3cnc(-c4ccc(F)cc4Cl)nc3C2=O)ccc1OCCC1CCCCN1. The van der Waals surface area contributed by atoms with Crippen molar-refractivity contribution in [3.8, 4) is 22.9 Å². The highest BCUT2D eigenvalue weighted by atomic mass is 35.5. The van der Waals surface area contributed by atoms with Crippen LogP contribution in [-0.2, 0) is 6.54 Å². The highest BCUT2D eigenvalue weighted by molar-refractivity contribution is 6.33. The van der Waals surface area contributed by atoms with Crippen LogP contribution in [0.2, 0.25) is 5.02 Å². The average Bonchev–Trinajstić information content (AvgIpc) is 3.20. The van der Waals surface area contributed by atoms with E-state index in [0.29, 0.717) is 53.2 Å². The number of nitrogens with one attached hydrogen (secondary N) is 1. The van der Waals surface area contributed by atoms with Crippen LogP contribution in [0, 0.1) is 5.82 Å². The van der Waals surface area contributed by atoms with Gasteiger partial charge in [0.25, 0.3) is 5.91 Å². The van der Waals surface area contributed by atoms with Gasteiger partial charge in [0.2, 0.25) is 0 Å². The van der Waals surface area contributed by atoms with E-state index in [1.54, 1.807) is 24.3 Å². The third-order valence-corrected chi connectivity index (χ3v) is 6.72. The van der Waals surface area contributed by atoms with E-state index in [2.05, 4.69) is 15.3 Å². The molecule has 2 aliphatic heterocycles. The highest BCUT2D eigenvalue weighted by Gasteiger charge is 2.32. The number of carbonyl (C=O) groups is 1. The van der Waals surface area contributed by atoms with Crippen LogP contribution in [-0.4, -0.2) is 42.2 Å². The zero-order valence-corrected chi connectivity index (χ0v) is 20.1. The number of hydrogen-bond donors (Lipinski definition) is 1. The third-order valence-electron chi connectivity index (χ3n) is 6.41. The van der Waals surface area contributed by atoms with Crippen molar-refractivity contribution in [3.63, 3.8) is 0 Å². The Kier molecular flexibility index (Phi) is 6.83. The van der Waals surface area contributed by atoms with Crippen LogP contribution in [0.3, 0.4) is 0 Å². The van der Waals surface area contributed by atoms with Gasteiger partial charge in [0, 0.05) is 35.1 Å². The summed E-state index contributed by atoms with van der Waals surface area (Å²) in [5.41, 5.74) is 2.15. The van der Waals surface area contributed by atoms with Gasteiger partial charge < -0.3 is 19.7 Å². The fraction of sp³-hybridized carbons (Fsp3) is 0.346. The molecule has 0 bridgehead atoms. The first-order valence-corrected chi connectivity index (χ1v) is 12.1. The summed E-state index contributed by atoms with van der Waals surface area (Å²) < 4.78 is 25.0. The summed E-state index contributed by atoms with van der Waals surface area (Å²) in [7, 11) is 1.58. The molecule has 1 amide bonds. The van der Waals surface area contributed by atoms with Crippen LogP contribution >= 0.6 is 11.6 Å². The molecule has 1 fully saturated rings. The number of anilines is 1. The van der Waals surface area contributed by atoms with Crippen LogP contribution < -0.4 is 19.7 Å². The summed E-state index contributed by atoms with van der Waals surface area (Å²) in [6, 6.07) is 9.94. The van der Waals surface area contributed by atoms with E-state index in [4.69, 9.17) is 21.1 Å². The summed E-state index contributed by atoms with van der Waals surface area (Å²) in [5.74, 6) is 0.782. The minimum absolute atomic E-state index is 0.187. The molecule has 2 aromatic carbocycles. The van der Waals surface area contributed by atoms with Crippen molar-refractivity contribution < 1.29 is 18.7 Å². The molecule has 1 N–H and O–H groups in total. The van der Waals surface area contributed by atoms with Crippen molar-refractivity contribution in [3.05, 3.63) is 64.7 Å². The Balaban J connectivity index is 1.31. The molecule has 1 atom stereocenters. The zero-order valence-electron chi connectivity index (χ0n) is 19.4. The van der Waals surface area contributed by atoms with Crippen LogP contribution in [0.5, 0.6) is 11.5 Å². The molecule has 182 valence electrons. The highest BCUT2D eigenvalue weighted by Crippen LogP contribution is 2.36. The summed E-state index contributed by atoms with van der Waals surface area (Å²) in [6.45, 7) is 1.99.